The minimum Gasteiger partial charge on any atom is -0.486 e. The van der Waals surface area contributed by atoms with Crippen molar-refractivity contribution in [3.8, 4) is 11.5 Å². The Balaban J connectivity index is 1.47. The number of aromatic nitrogens is 1. The van der Waals surface area contributed by atoms with Crippen LogP contribution in [-0.4, -0.2) is 29.0 Å². The van der Waals surface area contributed by atoms with E-state index < -0.39 is 4.92 Å². The van der Waals surface area contributed by atoms with Gasteiger partial charge in [0.2, 0.25) is 5.91 Å². The third-order valence-corrected chi connectivity index (χ3v) is 4.74. The van der Waals surface area contributed by atoms with Crippen LogP contribution in [0.2, 0.25) is 0 Å². The highest BCUT2D eigenvalue weighted by atomic mass is 32.1. The normalized spacial score (nSPS) is 12.8. The van der Waals surface area contributed by atoms with Crippen molar-refractivity contribution >= 4 is 38.3 Å². The number of rotatable bonds is 4. The molecule has 1 aliphatic heterocycles. The fraction of sp³-hybridized carbons (Fsp3) is 0.176. The Kier molecular flexibility index (Phi) is 4.13. The molecule has 1 aliphatic rings. The van der Waals surface area contributed by atoms with Gasteiger partial charge in [0, 0.05) is 24.3 Å². The van der Waals surface area contributed by atoms with Gasteiger partial charge in [-0.1, -0.05) is 23.5 Å². The first kappa shape index (κ1) is 16.3. The van der Waals surface area contributed by atoms with Crippen LogP contribution in [0.1, 0.15) is 5.56 Å². The standard InChI is InChI=1S/C17H13N3O5S/c21-16(7-10-1-3-11(4-2-10)20(22)23)19-17-18-12-8-13-14(9-15(12)26-17)25-6-5-24-13/h1-4,8-9H,5-7H2,(H,18,19,21). The molecular formula is C17H13N3O5S. The first-order valence-electron chi connectivity index (χ1n) is 7.82. The number of amides is 1. The maximum atomic E-state index is 12.2. The van der Waals surface area contributed by atoms with E-state index in [-0.39, 0.29) is 18.0 Å². The second kappa shape index (κ2) is 6.60. The Morgan fingerprint density at radius 2 is 1.88 bits per heavy atom. The highest BCUT2D eigenvalue weighted by Crippen LogP contribution is 2.37. The summed E-state index contributed by atoms with van der Waals surface area (Å²) in [5.41, 5.74) is 1.41. The van der Waals surface area contributed by atoms with E-state index in [1.54, 1.807) is 18.2 Å². The summed E-state index contributed by atoms with van der Waals surface area (Å²) in [5, 5.41) is 13.9. The van der Waals surface area contributed by atoms with Crippen LogP contribution in [-0.2, 0) is 11.2 Å². The first-order valence-corrected chi connectivity index (χ1v) is 8.63. The Bertz CT molecular complexity index is 957. The minimum absolute atomic E-state index is 0.00580. The van der Waals surface area contributed by atoms with Gasteiger partial charge in [0.05, 0.1) is 21.6 Å². The summed E-state index contributed by atoms with van der Waals surface area (Å²) in [6.45, 7) is 1.01. The largest absolute Gasteiger partial charge is 0.486 e. The SMILES string of the molecule is O=C(Cc1ccc([N+](=O)[O-])cc1)Nc1nc2cc3c(cc2s1)OCCO3. The van der Waals surface area contributed by atoms with E-state index in [1.807, 2.05) is 6.07 Å². The summed E-state index contributed by atoms with van der Waals surface area (Å²) >= 11 is 1.35. The van der Waals surface area contributed by atoms with Crippen LogP contribution >= 0.6 is 11.3 Å². The van der Waals surface area contributed by atoms with E-state index in [2.05, 4.69) is 10.3 Å². The quantitative estimate of drug-likeness (QED) is 0.558. The number of nitrogens with one attached hydrogen (secondary N) is 1. The van der Waals surface area contributed by atoms with E-state index in [4.69, 9.17) is 9.47 Å². The van der Waals surface area contributed by atoms with Crippen molar-refractivity contribution < 1.29 is 19.2 Å². The lowest BCUT2D eigenvalue weighted by atomic mass is 10.1. The van der Waals surface area contributed by atoms with Crippen molar-refractivity contribution in [3.05, 3.63) is 52.1 Å². The maximum absolute atomic E-state index is 12.2. The Labute approximate surface area is 151 Å². The first-order chi connectivity index (χ1) is 12.6. The molecule has 0 fully saturated rings. The average molecular weight is 371 g/mol. The van der Waals surface area contributed by atoms with Crippen LogP contribution in [0.25, 0.3) is 10.2 Å². The number of nitro benzene ring substituents is 1. The molecule has 2 heterocycles. The molecule has 3 aromatic rings. The summed E-state index contributed by atoms with van der Waals surface area (Å²) in [5.74, 6) is 1.09. The smallest absolute Gasteiger partial charge is 0.269 e. The molecule has 0 saturated carbocycles. The molecule has 0 saturated heterocycles. The Hall–Kier alpha value is -3.20. The second-order valence-electron chi connectivity index (χ2n) is 5.63. The van der Waals surface area contributed by atoms with Gasteiger partial charge in [-0.2, -0.15) is 0 Å². The number of carbonyl (C=O) groups excluding carboxylic acids is 1. The van der Waals surface area contributed by atoms with Crippen LogP contribution in [0.15, 0.2) is 36.4 Å². The van der Waals surface area contributed by atoms with Crippen LogP contribution in [0.5, 0.6) is 11.5 Å². The van der Waals surface area contributed by atoms with Gasteiger partial charge in [0.1, 0.15) is 13.2 Å². The molecule has 4 rings (SSSR count). The highest BCUT2D eigenvalue weighted by Gasteiger charge is 2.16. The lowest BCUT2D eigenvalue weighted by molar-refractivity contribution is -0.384. The molecule has 26 heavy (non-hydrogen) atoms. The summed E-state index contributed by atoms with van der Waals surface area (Å²) in [6, 6.07) is 9.55. The molecule has 1 N–H and O–H groups in total. The molecule has 1 aromatic heterocycles. The number of non-ortho nitro benzene ring substituents is 1. The monoisotopic (exact) mass is 371 g/mol. The molecular weight excluding hydrogens is 358 g/mol. The van der Waals surface area contributed by atoms with Gasteiger partial charge in [-0.05, 0) is 5.56 Å². The zero-order valence-corrected chi connectivity index (χ0v) is 14.2. The van der Waals surface area contributed by atoms with Gasteiger partial charge in [0.25, 0.3) is 5.69 Å². The molecule has 132 valence electrons. The van der Waals surface area contributed by atoms with Crippen molar-refractivity contribution in [2.24, 2.45) is 0 Å². The molecule has 8 nitrogen and oxygen atoms in total. The lowest BCUT2D eigenvalue weighted by Gasteiger charge is -2.17. The van der Waals surface area contributed by atoms with E-state index in [0.29, 0.717) is 35.4 Å². The van der Waals surface area contributed by atoms with Gasteiger partial charge in [-0.3, -0.25) is 14.9 Å². The van der Waals surface area contributed by atoms with Gasteiger partial charge < -0.3 is 14.8 Å². The van der Waals surface area contributed by atoms with Crippen LogP contribution < -0.4 is 14.8 Å². The van der Waals surface area contributed by atoms with Crippen LogP contribution in [0, 0.1) is 10.1 Å². The molecule has 0 bridgehead atoms. The summed E-state index contributed by atoms with van der Waals surface area (Å²) in [7, 11) is 0. The highest BCUT2D eigenvalue weighted by molar-refractivity contribution is 7.22. The third-order valence-electron chi connectivity index (χ3n) is 3.81. The molecule has 0 unspecified atom stereocenters. The molecule has 2 aromatic carbocycles. The topological polar surface area (TPSA) is 104 Å². The van der Waals surface area contributed by atoms with Gasteiger partial charge in [-0.15, -0.1) is 0 Å². The van der Waals surface area contributed by atoms with Crippen molar-refractivity contribution in [1.82, 2.24) is 4.98 Å². The van der Waals surface area contributed by atoms with Gasteiger partial charge >= 0.3 is 0 Å². The number of ether oxygens (including phenoxy) is 2. The molecule has 0 aliphatic carbocycles. The average Bonchev–Trinajstić information content (AvgIpc) is 3.00. The van der Waals surface area contributed by atoms with Crippen LogP contribution in [0.4, 0.5) is 10.8 Å². The molecule has 0 radical (unpaired) electrons. The number of carbonyl (C=O) groups is 1. The van der Waals surface area contributed by atoms with E-state index in [1.165, 1.54) is 23.5 Å². The fourth-order valence-electron chi connectivity index (χ4n) is 2.60. The third kappa shape index (κ3) is 3.29. The molecule has 1 amide bonds. The number of benzene rings is 2. The van der Waals surface area contributed by atoms with E-state index in [0.717, 1.165) is 10.2 Å². The number of hydrogen-bond acceptors (Lipinski definition) is 7. The number of nitro groups is 1. The summed E-state index contributed by atoms with van der Waals surface area (Å²) in [6.07, 6.45) is 0.108. The van der Waals surface area contributed by atoms with E-state index >= 15 is 0 Å². The number of hydrogen-bond donors (Lipinski definition) is 1. The minimum atomic E-state index is -0.474. The van der Waals surface area contributed by atoms with Crippen molar-refractivity contribution in [2.75, 3.05) is 18.5 Å². The van der Waals surface area contributed by atoms with Crippen molar-refractivity contribution in [3.63, 3.8) is 0 Å². The van der Waals surface area contributed by atoms with Gasteiger partial charge in [0.15, 0.2) is 16.6 Å². The fourth-order valence-corrected chi connectivity index (χ4v) is 3.50. The number of nitrogens with zero attached hydrogens (tertiary/aromatic N) is 2. The zero-order valence-electron chi connectivity index (χ0n) is 13.4. The Morgan fingerprint density at radius 3 is 2.58 bits per heavy atom. The summed E-state index contributed by atoms with van der Waals surface area (Å²) in [4.78, 5) is 26.8. The van der Waals surface area contributed by atoms with Gasteiger partial charge in [-0.25, -0.2) is 4.98 Å². The molecule has 0 atom stereocenters. The zero-order chi connectivity index (χ0) is 18.1. The Morgan fingerprint density at radius 1 is 1.19 bits per heavy atom. The van der Waals surface area contributed by atoms with Crippen molar-refractivity contribution in [2.45, 2.75) is 6.42 Å². The number of anilines is 1. The number of fused-ring (bicyclic) bond motifs is 2. The maximum Gasteiger partial charge on any atom is 0.269 e. The van der Waals surface area contributed by atoms with Crippen molar-refractivity contribution in [1.29, 1.82) is 0 Å². The lowest BCUT2D eigenvalue weighted by Crippen LogP contribution is -2.15. The van der Waals surface area contributed by atoms with Crippen LogP contribution in [0.3, 0.4) is 0 Å². The number of thiazole rings is 1. The van der Waals surface area contributed by atoms with E-state index in [9.17, 15) is 14.9 Å². The predicted molar refractivity (Wildman–Crippen MR) is 96.0 cm³/mol. The summed E-state index contributed by atoms with van der Waals surface area (Å²) < 4.78 is 12.0. The molecule has 0 spiro atoms. The second-order valence-corrected chi connectivity index (χ2v) is 6.66. The predicted octanol–water partition coefficient (Wildman–Crippen LogP) is 3.16. The molecule has 9 heteroatoms.